The van der Waals surface area contributed by atoms with Gasteiger partial charge in [0, 0.05) is 35.5 Å². The van der Waals surface area contributed by atoms with E-state index < -0.39 is 27.9 Å². The maximum Gasteiger partial charge on any atom is 0.306 e. The molecule has 5 aliphatic carbocycles. The molecule has 2 bridgehead atoms. The number of epoxide rings is 1. The lowest BCUT2D eigenvalue weighted by molar-refractivity contribution is -0.174. The Balaban J connectivity index is 1.42. The van der Waals surface area contributed by atoms with Gasteiger partial charge in [-0.1, -0.05) is 13.8 Å². The highest BCUT2D eigenvalue weighted by Gasteiger charge is 2.90. The molecule has 6 heteroatoms. The van der Waals surface area contributed by atoms with Gasteiger partial charge in [0.25, 0.3) is 0 Å². The second-order valence-corrected chi connectivity index (χ2v) is 11.7. The SMILES string of the molecule is CC12CC3O[C@@]34C(C1CC[C@@]21CCC(=O)O1)[C@@H]1C[C@]2(C#N)[C@@H](C(=O)CCC42C)C1=O. The first kappa shape index (κ1) is 17.9. The molecule has 0 N–H and O–H groups in total. The molecule has 2 heterocycles. The minimum Gasteiger partial charge on any atom is -0.458 e. The summed E-state index contributed by atoms with van der Waals surface area (Å²) < 4.78 is 12.6. The summed E-state index contributed by atoms with van der Waals surface area (Å²) >= 11 is 0. The third-order valence-electron chi connectivity index (χ3n) is 11.4. The van der Waals surface area contributed by atoms with E-state index in [9.17, 15) is 19.6 Å². The van der Waals surface area contributed by atoms with Crippen LogP contribution in [-0.2, 0) is 23.9 Å². The van der Waals surface area contributed by atoms with E-state index in [2.05, 4.69) is 19.9 Å². The molecule has 2 saturated heterocycles. The normalized spacial score (nSPS) is 61.9. The predicted molar refractivity (Wildman–Crippen MR) is 102 cm³/mol. The molecule has 0 aromatic rings. The van der Waals surface area contributed by atoms with Crippen LogP contribution in [0.2, 0.25) is 0 Å². The Morgan fingerprint density at radius 3 is 2.57 bits per heavy atom. The maximum absolute atomic E-state index is 13.7. The molecule has 6 nitrogen and oxygen atoms in total. The van der Waals surface area contributed by atoms with Crippen LogP contribution in [0.3, 0.4) is 0 Å². The summed E-state index contributed by atoms with van der Waals surface area (Å²) in [6.07, 6.45) is 5.30. The van der Waals surface area contributed by atoms with Gasteiger partial charge in [-0.3, -0.25) is 14.4 Å². The van der Waals surface area contributed by atoms with Gasteiger partial charge in [-0.2, -0.15) is 5.26 Å². The molecule has 0 radical (unpaired) electrons. The van der Waals surface area contributed by atoms with Crippen molar-refractivity contribution in [3.05, 3.63) is 0 Å². The number of ether oxygens (including phenoxy) is 2. The summed E-state index contributed by atoms with van der Waals surface area (Å²) in [5.41, 5.74) is -2.52. The number of ketones is 2. The molecule has 5 saturated carbocycles. The first-order valence-electron chi connectivity index (χ1n) is 11.6. The van der Waals surface area contributed by atoms with Gasteiger partial charge in [0.1, 0.15) is 22.8 Å². The number of hydrogen-bond donors (Lipinski definition) is 0. The summed E-state index contributed by atoms with van der Waals surface area (Å²) in [7, 11) is 0. The minimum absolute atomic E-state index is 0.00258. The van der Waals surface area contributed by atoms with Crippen LogP contribution in [-0.4, -0.2) is 34.8 Å². The molecule has 30 heavy (non-hydrogen) atoms. The zero-order valence-corrected chi connectivity index (χ0v) is 17.5. The molecule has 2 aliphatic heterocycles. The van der Waals surface area contributed by atoms with Crippen LogP contribution < -0.4 is 0 Å². The Labute approximate surface area is 175 Å². The number of nitrogens with zero attached hydrogens (tertiary/aromatic N) is 1. The third kappa shape index (κ3) is 1.43. The van der Waals surface area contributed by atoms with Crippen molar-refractivity contribution in [2.75, 3.05) is 0 Å². The zero-order chi connectivity index (χ0) is 20.9. The van der Waals surface area contributed by atoms with E-state index in [0.717, 1.165) is 25.7 Å². The number of fused-ring (bicyclic) bond motifs is 5. The van der Waals surface area contributed by atoms with Gasteiger partial charge in [-0.25, -0.2) is 0 Å². The number of rotatable bonds is 0. The molecular weight excluding hydrogens is 382 g/mol. The standard InChI is InChI=1S/C24H27NO5/c1-20-10-15-24(29-15)17(13(20)3-7-23(20)8-5-16(27)30-23)12-9-22(11-25)18(19(12)28)14(26)4-6-21(22,24)2/h12-13,15,17-18H,3-10H2,1-2H3/t12-,13?,15?,17?,18-,20?,21?,22-,23+,24+/m0/s1. The highest BCUT2D eigenvalue weighted by molar-refractivity contribution is 6.08. The van der Waals surface area contributed by atoms with Crippen molar-refractivity contribution in [3.63, 3.8) is 0 Å². The highest BCUT2D eigenvalue weighted by atomic mass is 16.6. The summed E-state index contributed by atoms with van der Waals surface area (Å²) in [5.74, 6) is -0.966. The zero-order valence-electron chi connectivity index (χ0n) is 17.5. The lowest BCUT2D eigenvalue weighted by Gasteiger charge is -2.60. The average molecular weight is 409 g/mol. The van der Waals surface area contributed by atoms with Crippen LogP contribution in [0, 0.1) is 51.2 Å². The van der Waals surface area contributed by atoms with E-state index in [1.54, 1.807) is 0 Å². The van der Waals surface area contributed by atoms with Crippen LogP contribution in [0.15, 0.2) is 0 Å². The fourth-order valence-electron chi connectivity index (χ4n) is 10.1. The molecule has 7 aliphatic rings. The molecule has 0 aromatic carbocycles. The Morgan fingerprint density at radius 1 is 1.07 bits per heavy atom. The molecule has 10 atom stereocenters. The molecular formula is C24H27NO5. The first-order valence-corrected chi connectivity index (χ1v) is 11.6. The van der Waals surface area contributed by atoms with Crippen LogP contribution in [0.1, 0.15) is 65.2 Å². The Bertz CT molecular complexity index is 1000. The number of hydrogen-bond acceptors (Lipinski definition) is 6. The molecule has 7 rings (SSSR count). The quantitative estimate of drug-likeness (QED) is 0.347. The van der Waals surface area contributed by atoms with Crippen LogP contribution in [0.25, 0.3) is 0 Å². The van der Waals surface area contributed by atoms with Crippen molar-refractivity contribution >= 4 is 17.5 Å². The Morgan fingerprint density at radius 2 is 1.87 bits per heavy atom. The van der Waals surface area contributed by atoms with E-state index in [-0.39, 0.29) is 46.8 Å². The third-order valence-corrected chi connectivity index (χ3v) is 11.4. The molecule has 7 fully saturated rings. The van der Waals surface area contributed by atoms with Crippen LogP contribution >= 0.6 is 0 Å². The number of carbonyl (C=O) groups is 3. The summed E-state index contributed by atoms with van der Waals surface area (Å²) in [6.45, 7) is 4.39. The van der Waals surface area contributed by atoms with Gasteiger partial charge >= 0.3 is 5.97 Å². The van der Waals surface area contributed by atoms with Gasteiger partial charge in [0.15, 0.2) is 0 Å². The van der Waals surface area contributed by atoms with E-state index >= 15 is 0 Å². The van der Waals surface area contributed by atoms with E-state index in [1.165, 1.54) is 0 Å². The van der Waals surface area contributed by atoms with Crippen molar-refractivity contribution in [2.24, 2.45) is 39.9 Å². The lowest BCUT2D eigenvalue weighted by atomic mass is 9.39. The largest absolute Gasteiger partial charge is 0.458 e. The summed E-state index contributed by atoms with van der Waals surface area (Å²) in [6, 6.07) is 2.53. The van der Waals surface area contributed by atoms with Gasteiger partial charge in [0.2, 0.25) is 0 Å². The summed E-state index contributed by atoms with van der Waals surface area (Å²) in [5, 5.41) is 10.4. The Hall–Kier alpha value is -1.74. The molecule has 0 aromatic heterocycles. The molecule has 158 valence electrons. The average Bonchev–Trinajstić information content (AvgIpc) is 3.01. The lowest BCUT2D eigenvalue weighted by Crippen LogP contribution is -2.66. The van der Waals surface area contributed by atoms with E-state index in [1.807, 2.05) is 0 Å². The number of Topliss-reactive ketones (excluding diaryl/α,β-unsaturated/α-hetero) is 2. The number of esters is 1. The van der Waals surface area contributed by atoms with Gasteiger partial charge in [-0.15, -0.1) is 0 Å². The second-order valence-electron chi connectivity index (χ2n) is 11.7. The van der Waals surface area contributed by atoms with Gasteiger partial charge < -0.3 is 9.47 Å². The second kappa shape index (κ2) is 4.70. The van der Waals surface area contributed by atoms with Gasteiger partial charge in [-0.05, 0) is 44.4 Å². The van der Waals surface area contributed by atoms with E-state index in [4.69, 9.17) is 9.47 Å². The fourth-order valence-corrected chi connectivity index (χ4v) is 10.1. The Kier molecular flexibility index (Phi) is 2.80. The van der Waals surface area contributed by atoms with Crippen molar-refractivity contribution in [1.29, 1.82) is 5.26 Å². The molecule has 2 spiro atoms. The summed E-state index contributed by atoms with van der Waals surface area (Å²) in [4.78, 5) is 38.7. The monoisotopic (exact) mass is 409 g/mol. The number of nitriles is 1. The van der Waals surface area contributed by atoms with Crippen molar-refractivity contribution in [1.82, 2.24) is 0 Å². The molecule has 0 amide bonds. The molecule has 5 unspecified atom stereocenters. The highest BCUT2D eigenvalue weighted by Crippen LogP contribution is 2.83. The van der Waals surface area contributed by atoms with Crippen molar-refractivity contribution in [3.8, 4) is 6.07 Å². The van der Waals surface area contributed by atoms with Gasteiger partial charge in [0.05, 0.1) is 23.5 Å². The first-order chi connectivity index (χ1) is 14.2. The fraction of sp³-hybridized carbons (Fsp3) is 0.833. The van der Waals surface area contributed by atoms with Crippen molar-refractivity contribution < 1.29 is 23.9 Å². The smallest absolute Gasteiger partial charge is 0.306 e. The minimum atomic E-state index is -0.917. The van der Waals surface area contributed by atoms with Crippen molar-refractivity contribution in [2.45, 2.75) is 82.5 Å². The van der Waals surface area contributed by atoms with Crippen LogP contribution in [0.4, 0.5) is 0 Å². The predicted octanol–water partition coefficient (Wildman–Crippen LogP) is 2.73. The topological polar surface area (TPSA) is 96.8 Å². The van der Waals surface area contributed by atoms with Crippen LogP contribution in [0.5, 0.6) is 0 Å². The van der Waals surface area contributed by atoms with E-state index in [0.29, 0.717) is 25.7 Å². The maximum atomic E-state index is 13.7. The number of carbonyl (C=O) groups excluding carboxylic acids is 3.